The molecule has 0 radical (unpaired) electrons. The number of rotatable bonds is 4. The summed E-state index contributed by atoms with van der Waals surface area (Å²) in [5, 5.41) is 23.5. The fourth-order valence-electron chi connectivity index (χ4n) is 5.02. The number of aromatic nitrogens is 3. The highest BCUT2D eigenvalue weighted by atomic mass is 32.1. The van der Waals surface area contributed by atoms with E-state index in [0.717, 1.165) is 17.5 Å². The van der Waals surface area contributed by atoms with Crippen LogP contribution in [0.3, 0.4) is 0 Å². The van der Waals surface area contributed by atoms with Crippen molar-refractivity contribution in [2.45, 2.75) is 45.1 Å². The van der Waals surface area contributed by atoms with Crippen molar-refractivity contribution in [3.05, 3.63) is 40.7 Å². The van der Waals surface area contributed by atoms with Crippen LogP contribution in [0.15, 0.2) is 12.4 Å². The molecule has 0 unspecified atom stereocenters. The van der Waals surface area contributed by atoms with Crippen molar-refractivity contribution < 1.29 is 26.8 Å². The van der Waals surface area contributed by atoms with Gasteiger partial charge in [-0.15, -0.1) is 11.3 Å². The van der Waals surface area contributed by atoms with Crippen molar-refractivity contribution in [1.82, 2.24) is 20.3 Å². The van der Waals surface area contributed by atoms with Gasteiger partial charge in [-0.3, -0.25) is 4.98 Å². The van der Waals surface area contributed by atoms with Crippen LogP contribution in [0, 0.1) is 23.0 Å². The Morgan fingerprint density at radius 2 is 2.11 bits per heavy atom. The summed E-state index contributed by atoms with van der Waals surface area (Å²) in [6, 6.07) is -0.880. The van der Waals surface area contributed by atoms with E-state index >= 15 is 4.39 Å². The van der Waals surface area contributed by atoms with Crippen LogP contribution in [0.5, 0.6) is 0 Å². The lowest BCUT2D eigenvalue weighted by Gasteiger charge is -2.19. The van der Waals surface area contributed by atoms with E-state index in [0.29, 0.717) is 16.5 Å². The number of benzene rings is 1. The summed E-state index contributed by atoms with van der Waals surface area (Å²) in [7, 11) is 0. The van der Waals surface area contributed by atoms with Crippen LogP contribution in [-0.2, 0) is 18.0 Å². The number of aliphatic hydroxyl groups is 1. The third-order valence-corrected chi connectivity index (χ3v) is 7.71. The molecule has 4 N–H and O–H groups in total. The largest absolute Gasteiger partial charge is 0.390 e. The zero-order chi connectivity index (χ0) is 31.0. The van der Waals surface area contributed by atoms with E-state index < -0.39 is 43.5 Å². The second-order valence-electron chi connectivity index (χ2n) is 8.86. The van der Waals surface area contributed by atoms with Gasteiger partial charge in [0, 0.05) is 49.9 Å². The minimum absolute atomic E-state index is 0.00795. The molecule has 0 spiro atoms. The molecule has 5 heterocycles. The summed E-state index contributed by atoms with van der Waals surface area (Å²) in [6.45, 7) is -5.72. The minimum atomic E-state index is -2.86. The average Bonchev–Trinajstić information content (AvgIpc) is 3.64. The first kappa shape index (κ1) is 17.9. The number of thiophene rings is 1. The van der Waals surface area contributed by atoms with Crippen LogP contribution in [0.25, 0.3) is 32.2 Å². The lowest BCUT2D eigenvalue weighted by molar-refractivity contribution is 0.135. The standard InChI is InChI=1S/C25H23F2N7O2S/c1-10(2)32-16-6-34(7-17(16)35)25-31-4-12-13-8-36-9-14(13)18(20(27)21(12)33-25)22-19-11(3-28)24(29)37-23(19)15(26)5-30-22/h4-5,10,16-17,32,35H,6-9,29H2,1-2H3/t16-,17+/m0/s1/i1D3,2D3. The van der Waals surface area contributed by atoms with Gasteiger partial charge in [-0.2, -0.15) is 5.26 Å². The number of aliphatic hydroxyl groups excluding tert-OH is 1. The molecule has 4 aromatic rings. The number of nitrogens with zero attached hydrogens (tertiary/aromatic N) is 5. The zero-order valence-corrected chi connectivity index (χ0v) is 19.9. The summed E-state index contributed by atoms with van der Waals surface area (Å²) in [5.74, 6) is -1.50. The second kappa shape index (κ2) is 8.81. The fourth-order valence-corrected chi connectivity index (χ4v) is 5.94. The first-order valence-electron chi connectivity index (χ1n) is 14.2. The van der Waals surface area contributed by atoms with Gasteiger partial charge in [-0.1, -0.05) is 13.7 Å². The highest BCUT2D eigenvalue weighted by Gasteiger charge is 2.34. The molecule has 190 valence electrons. The summed E-state index contributed by atoms with van der Waals surface area (Å²) in [6.07, 6.45) is 1.18. The number of fused-ring (bicyclic) bond motifs is 4. The molecule has 0 amide bonds. The molecule has 0 aliphatic carbocycles. The normalized spacial score (nSPS) is 22.4. The van der Waals surface area contributed by atoms with Gasteiger partial charge in [-0.05, 0) is 11.1 Å². The first-order chi connectivity index (χ1) is 20.2. The Balaban J connectivity index is 1.44. The molecule has 1 aromatic carbocycles. The SMILES string of the molecule is [2H]C([2H])([2H])C(N[C@H]1CN(c2ncc3c4c(c(-c5ncc(F)c6sc(N)c(C#N)c56)c(F)c3n2)COC4)C[C@H]1O)C([2H])([2H])[2H]. The van der Waals surface area contributed by atoms with E-state index in [2.05, 4.69) is 20.3 Å². The molecular weight excluding hydrogens is 500 g/mol. The van der Waals surface area contributed by atoms with Gasteiger partial charge in [0.05, 0.1) is 47.5 Å². The number of nitrogen functional groups attached to an aromatic ring is 1. The summed E-state index contributed by atoms with van der Waals surface area (Å²) in [5.41, 5.74) is 6.91. The number of pyridine rings is 1. The maximum absolute atomic E-state index is 16.5. The molecule has 2 aliphatic heterocycles. The van der Waals surface area contributed by atoms with Crippen LogP contribution in [0.2, 0.25) is 0 Å². The van der Waals surface area contributed by atoms with Crippen molar-refractivity contribution in [3.8, 4) is 17.3 Å². The third kappa shape index (κ3) is 3.69. The van der Waals surface area contributed by atoms with Gasteiger partial charge in [0.1, 0.15) is 16.6 Å². The third-order valence-electron chi connectivity index (χ3n) is 6.68. The molecule has 0 bridgehead atoms. The number of nitriles is 1. The lowest BCUT2D eigenvalue weighted by Crippen LogP contribution is -2.42. The second-order valence-corrected chi connectivity index (χ2v) is 9.91. The molecule has 3 aromatic heterocycles. The van der Waals surface area contributed by atoms with E-state index in [4.69, 9.17) is 18.7 Å². The maximum atomic E-state index is 16.5. The zero-order valence-electron chi connectivity index (χ0n) is 25.0. The number of halogens is 2. The van der Waals surface area contributed by atoms with Gasteiger partial charge in [0.2, 0.25) is 5.95 Å². The Labute approximate surface area is 222 Å². The van der Waals surface area contributed by atoms with Crippen molar-refractivity contribution in [2.75, 3.05) is 23.7 Å². The number of ether oxygens (including phenoxy) is 1. The molecule has 2 aliphatic rings. The quantitative estimate of drug-likeness (QED) is 0.364. The van der Waals surface area contributed by atoms with Gasteiger partial charge in [0.15, 0.2) is 11.6 Å². The summed E-state index contributed by atoms with van der Waals surface area (Å²) < 4.78 is 82.7. The van der Waals surface area contributed by atoms with Gasteiger partial charge in [-0.25, -0.2) is 18.7 Å². The van der Waals surface area contributed by atoms with Crippen LogP contribution < -0.4 is 16.0 Å². The van der Waals surface area contributed by atoms with Crippen molar-refractivity contribution in [1.29, 1.82) is 5.26 Å². The van der Waals surface area contributed by atoms with Crippen molar-refractivity contribution in [3.63, 3.8) is 0 Å². The topological polar surface area (TPSA) is 133 Å². The van der Waals surface area contributed by atoms with E-state index in [-0.39, 0.29) is 69.7 Å². The Kier molecular flexibility index (Phi) is 4.25. The van der Waals surface area contributed by atoms with Crippen LogP contribution in [0.1, 0.15) is 38.6 Å². The highest BCUT2D eigenvalue weighted by Crippen LogP contribution is 2.45. The molecule has 2 atom stereocenters. The number of nitrogens with two attached hydrogens (primary N) is 1. The fraction of sp³-hybridized carbons (Fsp3) is 0.360. The Morgan fingerprint density at radius 1 is 1.30 bits per heavy atom. The van der Waals surface area contributed by atoms with Crippen LogP contribution >= 0.6 is 11.3 Å². The number of nitrogens with one attached hydrogen (secondary N) is 1. The number of hydrogen-bond acceptors (Lipinski definition) is 10. The van der Waals surface area contributed by atoms with Crippen molar-refractivity contribution in [2.24, 2.45) is 0 Å². The van der Waals surface area contributed by atoms with Gasteiger partial charge < -0.3 is 25.8 Å². The minimum Gasteiger partial charge on any atom is -0.390 e. The Morgan fingerprint density at radius 3 is 2.89 bits per heavy atom. The van der Waals surface area contributed by atoms with Gasteiger partial charge in [0.25, 0.3) is 0 Å². The predicted molar refractivity (Wildman–Crippen MR) is 136 cm³/mol. The number of anilines is 2. The molecule has 1 fully saturated rings. The van der Waals surface area contributed by atoms with Crippen molar-refractivity contribution >= 4 is 43.3 Å². The summed E-state index contributed by atoms with van der Waals surface area (Å²) >= 11 is 0.862. The molecule has 1 saturated heterocycles. The molecule has 9 nitrogen and oxygen atoms in total. The monoisotopic (exact) mass is 529 g/mol. The molecule has 6 rings (SSSR count). The lowest BCUT2D eigenvalue weighted by atomic mass is 9.94. The van der Waals surface area contributed by atoms with Crippen LogP contribution in [-0.4, -0.2) is 51.3 Å². The van der Waals surface area contributed by atoms with E-state index in [1.807, 2.05) is 6.07 Å². The van der Waals surface area contributed by atoms with E-state index in [1.165, 1.54) is 11.1 Å². The van der Waals surface area contributed by atoms with E-state index in [1.54, 1.807) is 0 Å². The molecule has 37 heavy (non-hydrogen) atoms. The Hall–Kier alpha value is -3.50. The van der Waals surface area contributed by atoms with Gasteiger partial charge >= 0.3 is 0 Å². The summed E-state index contributed by atoms with van der Waals surface area (Å²) in [4.78, 5) is 14.5. The van der Waals surface area contributed by atoms with Crippen LogP contribution in [0.4, 0.5) is 19.7 Å². The average molecular weight is 530 g/mol. The number of hydrogen-bond donors (Lipinski definition) is 3. The molecular formula is C25H23F2N7O2S. The molecule has 12 heteroatoms. The number of β-amino-alcohol motifs (C(OH)–C–C–N with tert-alkyl or cyclic N) is 1. The maximum Gasteiger partial charge on any atom is 0.226 e. The highest BCUT2D eigenvalue weighted by molar-refractivity contribution is 7.23. The Bertz CT molecular complexity index is 1810. The van der Waals surface area contributed by atoms with E-state index in [9.17, 15) is 14.8 Å². The predicted octanol–water partition coefficient (Wildman–Crippen LogP) is 3.22. The first-order valence-corrected chi connectivity index (χ1v) is 12.1. The smallest absolute Gasteiger partial charge is 0.226 e. The molecule has 0 saturated carbocycles.